The molecule has 2 nitrogen and oxygen atoms in total. The molecular weight excluding hydrogens is 174 g/mol. The first-order valence-electron chi connectivity index (χ1n) is 5.56. The smallest absolute Gasteiger partial charge is 0.0690 e. The maximum atomic E-state index is 9.30. The van der Waals surface area contributed by atoms with Crippen LogP contribution in [0.15, 0.2) is 0 Å². The van der Waals surface area contributed by atoms with Gasteiger partial charge in [-0.2, -0.15) is 5.26 Å². The number of nitrogens with zero attached hydrogens (tertiary/aromatic N) is 1. The van der Waals surface area contributed by atoms with Crippen molar-refractivity contribution in [3.8, 4) is 6.07 Å². The monoisotopic (exact) mass is 195 g/mol. The summed E-state index contributed by atoms with van der Waals surface area (Å²) in [5.41, 5.74) is -0.104. The molecule has 0 amide bonds. The van der Waals surface area contributed by atoms with Gasteiger partial charge in [0.05, 0.1) is 17.6 Å². The third-order valence-corrected chi connectivity index (χ3v) is 3.41. The van der Waals surface area contributed by atoms with E-state index in [0.717, 1.165) is 19.3 Å². The zero-order valence-corrected chi connectivity index (χ0v) is 9.55. The summed E-state index contributed by atoms with van der Waals surface area (Å²) in [4.78, 5) is 0. The van der Waals surface area contributed by atoms with E-state index in [-0.39, 0.29) is 11.5 Å². The highest BCUT2D eigenvalue weighted by Crippen LogP contribution is 2.42. The summed E-state index contributed by atoms with van der Waals surface area (Å²) in [6.45, 7) is 4.31. The van der Waals surface area contributed by atoms with Crippen molar-refractivity contribution in [2.45, 2.75) is 52.1 Å². The van der Waals surface area contributed by atoms with Gasteiger partial charge in [-0.05, 0) is 32.1 Å². The van der Waals surface area contributed by atoms with Gasteiger partial charge in [-0.25, -0.2) is 0 Å². The van der Waals surface area contributed by atoms with Crippen LogP contribution in [-0.4, -0.2) is 13.2 Å². The Labute approximate surface area is 87.3 Å². The van der Waals surface area contributed by atoms with Gasteiger partial charge < -0.3 is 4.74 Å². The van der Waals surface area contributed by atoms with E-state index >= 15 is 0 Å². The average molecular weight is 195 g/mol. The standard InChI is InChI=1S/C12H21NO/c1-10-5-4-6-12(7-10,9-13)8-11(2)14-3/h10-11H,4-8H2,1-3H3. The minimum Gasteiger partial charge on any atom is -0.382 e. The van der Waals surface area contributed by atoms with E-state index in [0.29, 0.717) is 5.92 Å². The van der Waals surface area contributed by atoms with Gasteiger partial charge in [0.1, 0.15) is 0 Å². The predicted molar refractivity (Wildman–Crippen MR) is 56.8 cm³/mol. The molecule has 3 unspecified atom stereocenters. The molecule has 1 aliphatic carbocycles. The molecule has 0 spiro atoms. The highest BCUT2D eigenvalue weighted by Gasteiger charge is 2.36. The molecule has 14 heavy (non-hydrogen) atoms. The van der Waals surface area contributed by atoms with Gasteiger partial charge in [-0.15, -0.1) is 0 Å². The lowest BCUT2D eigenvalue weighted by molar-refractivity contribution is 0.0606. The van der Waals surface area contributed by atoms with Crippen LogP contribution in [0.25, 0.3) is 0 Å². The predicted octanol–water partition coefficient (Wildman–Crippen LogP) is 3.13. The maximum absolute atomic E-state index is 9.30. The molecule has 0 aliphatic heterocycles. The lowest BCUT2D eigenvalue weighted by atomic mass is 9.68. The average Bonchev–Trinajstić information content (AvgIpc) is 2.17. The lowest BCUT2D eigenvalue weighted by Crippen LogP contribution is -2.30. The number of nitriles is 1. The maximum Gasteiger partial charge on any atom is 0.0690 e. The summed E-state index contributed by atoms with van der Waals surface area (Å²) in [5.74, 6) is 0.701. The first kappa shape index (κ1) is 11.5. The molecule has 2 heteroatoms. The summed E-state index contributed by atoms with van der Waals surface area (Å²) in [6, 6.07) is 2.53. The second kappa shape index (κ2) is 4.79. The van der Waals surface area contributed by atoms with Crippen LogP contribution in [0.3, 0.4) is 0 Å². The van der Waals surface area contributed by atoms with Crippen molar-refractivity contribution in [3.63, 3.8) is 0 Å². The molecular formula is C12H21NO. The zero-order valence-electron chi connectivity index (χ0n) is 9.55. The Bertz CT molecular complexity index is 221. The van der Waals surface area contributed by atoms with Gasteiger partial charge in [0.25, 0.3) is 0 Å². The Balaban J connectivity index is 2.61. The number of hydrogen-bond donors (Lipinski definition) is 0. The van der Waals surface area contributed by atoms with E-state index in [9.17, 15) is 5.26 Å². The SMILES string of the molecule is COC(C)CC1(C#N)CCCC(C)C1. The molecule has 1 fully saturated rings. The van der Waals surface area contributed by atoms with Gasteiger partial charge in [0.2, 0.25) is 0 Å². The summed E-state index contributed by atoms with van der Waals surface area (Å²) >= 11 is 0. The molecule has 1 aliphatic rings. The molecule has 3 atom stereocenters. The summed E-state index contributed by atoms with van der Waals surface area (Å²) in [5, 5.41) is 9.30. The Morgan fingerprint density at radius 2 is 2.36 bits per heavy atom. The van der Waals surface area contributed by atoms with Crippen molar-refractivity contribution in [2.24, 2.45) is 11.3 Å². The van der Waals surface area contributed by atoms with E-state index in [4.69, 9.17) is 4.74 Å². The Hall–Kier alpha value is -0.550. The molecule has 1 rings (SSSR count). The van der Waals surface area contributed by atoms with Crippen LogP contribution in [-0.2, 0) is 4.74 Å². The Morgan fingerprint density at radius 3 is 2.86 bits per heavy atom. The number of rotatable bonds is 3. The molecule has 0 bridgehead atoms. The van der Waals surface area contributed by atoms with E-state index < -0.39 is 0 Å². The number of hydrogen-bond acceptors (Lipinski definition) is 2. The third kappa shape index (κ3) is 2.72. The van der Waals surface area contributed by atoms with Crippen molar-refractivity contribution < 1.29 is 4.74 Å². The number of ether oxygens (including phenoxy) is 1. The molecule has 0 saturated heterocycles. The Kier molecular flexibility index (Phi) is 3.95. The molecule has 0 N–H and O–H groups in total. The minimum atomic E-state index is -0.104. The van der Waals surface area contributed by atoms with Crippen LogP contribution in [0.2, 0.25) is 0 Å². The van der Waals surface area contributed by atoms with E-state index in [1.54, 1.807) is 7.11 Å². The normalized spacial score (nSPS) is 34.9. The second-order valence-electron chi connectivity index (χ2n) is 4.84. The van der Waals surface area contributed by atoms with Gasteiger partial charge >= 0.3 is 0 Å². The van der Waals surface area contributed by atoms with Gasteiger partial charge in [-0.1, -0.05) is 19.8 Å². The van der Waals surface area contributed by atoms with Crippen LogP contribution in [0, 0.1) is 22.7 Å². The van der Waals surface area contributed by atoms with Crippen molar-refractivity contribution >= 4 is 0 Å². The lowest BCUT2D eigenvalue weighted by Gasteiger charge is -2.35. The molecule has 0 aromatic carbocycles. The molecule has 1 saturated carbocycles. The number of methoxy groups -OCH3 is 1. The summed E-state index contributed by atoms with van der Waals surface area (Å²) < 4.78 is 5.26. The second-order valence-corrected chi connectivity index (χ2v) is 4.84. The van der Waals surface area contributed by atoms with Crippen LogP contribution in [0.5, 0.6) is 0 Å². The molecule has 0 radical (unpaired) electrons. The quantitative estimate of drug-likeness (QED) is 0.693. The summed E-state index contributed by atoms with van der Waals surface area (Å²) in [7, 11) is 1.72. The van der Waals surface area contributed by atoms with Crippen LogP contribution < -0.4 is 0 Å². The highest BCUT2D eigenvalue weighted by molar-refractivity contribution is 5.02. The Morgan fingerprint density at radius 1 is 1.64 bits per heavy atom. The van der Waals surface area contributed by atoms with Gasteiger partial charge in [0.15, 0.2) is 0 Å². The molecule has 0 heterocycles. The largest absolute Gasteiger partial charge is 0.382 e. The van der Waals surface area contributed by atoms with E-state index in [1.807, 2.05) is 0 Å². The topological polar surface area (TPSA) is 33.0 Å². The van der Waals surface area contributed by atoms with Gasteiger partial charge in [-0.3, -0.25) is 0 Å². The van der Waals surface area contributed by atoms with Crippen LogP contribution >= 0.6 is 0 Å². The van der Waals surface area contributed by atoms with E-state index in [2.05, 4.69) is 19.9 Å². The van der Waals surface area contributed by atoms with Crippen molar-refractivity contribution in [2.75, 3.05) is 7.11 Å². The van der Waals surface area contributed by atoms with Gasteiger partial charge in [0, 0.05) is 7.11 Å². The van der Waals surface area contributed by atoms with Crippen LogP contribution in [0.4, 0.5) is 0 Å². The zero-order chi connectivity index (χ0) is 10.6. The van der Waals surface area contributed by atoms with Crippen LogP contribution in [0.1, 0.15) is 46.0 Å². The molecule has 0 aromatic rings. The fourth-order valence-corrected chi connectivity index (χ4v) is 2.63. The first-order valence-corrected chi connectivity index (χ1v) is 5.56. The molecule has 80 valence electrons. The molecule has 0 aromatic heterocycles. The highest BCUT2D eigenvalue weighted by atomic mass is 16.5. The van der Waals surface area contributed by atoms with E-state index in [1.165, 1.54) is 12.8 Å². The third-order valence-electron chi connectivity index (χ3n) is 3.41. The fourth-order valence-electron chi connectivity index (χ4n) is 2.63. The van der Waals surface area contributed by atoms with Crippen molar-refractivity contribution in [1.82, 2.24) is 0 Å². The fraction of sp³-hybridized carbons (Fsp3) is 0.917. The first-order chi connectivity index (χ1) is 6.62. The van der Waals surface area contributed by atoms with Crippen molar-refractivity contribution in [3.05, 3.63) is 0 Å². The minimum absolute atomic E-state index is 0.104. The van der Waals surface area contributed by atoms with Crippen molar-refractivity contribution in [1.29, 1.82) is 5.26 Å². The summed E-state index contributed by atoms with van der Waals surface area (Å²) in [6.07, 6.45) is 5.69.